The Bertz CT molecular complexity index is 552. The molecule has 1 fully saturated rings. The first kappa shape index (κ1) is 15.1. The third-order valence-corrected chi connectivity index (χ3v) is 4.69. The van der Waals surface area contributed by atoms with Gasteiger partial charge in [0.05, 0.1) is 29.0 Å². The second-order valence-electron chi connectivity index (χ2n) is 5.19. The molecule has 3 N–H and O–H groups in total. The van der Waals surface area contributed by atoms with Gasteiger partial charge in [-0.15, -0.1) is 0 Å². The Morgan fingerprint density at radius 2 is 2.05 bits per heavy atom. The highest BCUT2D eigenvalue weighted by atomic mass is 32.2. The SMILES string of the molecule is CS(=O)(=O)c1cccc(NCCOC2CCCC2)c1N. The second-order valence-corrected chi connectivity index (χ2v) is 7.18. The zero-order valence-corrected chi connectivity index (χ0v) is 12.6. The van der Waals surface area contributed by atoms with Crippen molar-refractivity contribution in [3.8, 4) is 0 Å². The molecule has 2 rings (SSSR count). The predicted octanol–water partition coefficient (Wildman–Crippen LogP) is 2.04. The lowest BCUT2D eigenvalue weighted by Crippen LogP contribution is -2.16. The summed E-state index contributed by atoms with van der Waals surface area (Å²) in [5, 5.41) is 3.13. The van der Waals surface area contributed by atoms with Crippen molar-refractivity contribution in [1.29, 1.82) is 0 Å². The number of sulfone groups is 1. The summed E-state index contributed by atoms with van der Waals surface area (Å²) >= 11 is 0. The topological polar surface area (TPSA) is 81.4 Å². The molecule has 5 nitrogen and oxygen atoms in total. The van der Waals surface area contributed by atoms with Crippen LogP contribution >= 0.6 is 0 Å². The molecule has 1 aromatic carbocycles. The van der Waals surface area contributed by atoms with Crippen LogP contribution in [-0.4, -0.2) is 33.9 Å². The van der Waals surface area contributed by atoms with E-state index in [0.29, 0.717) is 24.9 Å². The minimum Gasteiger partial charge on any atom is -0.396 e. The molecule has 1 aliphatic carbocycles. The minimum absolute atomic E-state index is 0.166. The van der Waals surface area contributed by atoms with Crippen LogP contribution in [0.3, 0.4) is 0 Å². The standard InChI is InChI=1S/C14H22N2O3S/c1-20(17,18)13-8-4-7-12(14(13)15)16-9-10-19-11-5-2-3-6-11/h4,7-8,11,16H,2-3,5-6,9-10,15H2,1H3. The number of rotatable bonds is 6. The Labute approximate surface area is 120 Å². The summed E-state index contributed by atoms with van der Waals surface area (Å²) in [7, 11) is -3.30. The van der Waals surface area contributed by atoms with Gasteiger partial charge in [-0.1, -0.05) is 18.9 Å². The number of hydrogen-bond acceptors (Lipinski definition) is 5. The van der Waals surface area contributed by atoms with Crippen molar-refractivity contribution in [2.45, 2.75) is 36.7 Å². The normalized spacial score (nSPS) is 16.4. The lowest BCUT2D eigenvalue weighted by Gasteiger charge is -2.14. The number of nitrogen functional groups attached to an aromatic ring is 1. The molecule has 112 valence electrons. The van der Waals surface area contributed by atoms with Gasteiger partial charge in [-0.3, -0.25) is 0 Å². The molecule has 0 bridgehead atoms. The highest BCUT2D eigenvalue weighted by Gasteiger charge is 2.16. The van der Waals surface area contributed by atoms with E-state index in [1.807, 2.05) is 0 Å². The molecule has 0 spiro atoms. The zero-order chi connectivity index (χ0) is 14.6. The van der Waals surface area contributed by atoms with E-state index in [0.717, 1.165) is 19.1 Å². The van der Waals surface area contributed by atoms with E-state index in [1.165, 1.54) is 18.9 Å². The van der Waals surface area contributed by atoms with Gasteiger partial charge < -0.3 is 15.8 Å². The van der Waals surface area contributed by atoms with E-state index >= 15 is 0 Å². The second kappa shape index (κ2) is 6.45. The van der Waals surface area contributed by atoms with Gasteiger partial charge in [-0.2, -0.15) is 0 Å². The summed E-state index contributed by atoms with van der Waals surface area (Å²) in [6.45, 7) is 1.22. The molecule has 0 atom stereocenters. The van der Waals surface area contributed by atoms with Crippen molar-refractivity contribution < 1.29 is 13.2 Å². The van der Waals surface area contributed by atoms with Gasteiger partial charge in [-0.25, -0.2) is 8.42 Å². The quantitative estimate of drug-likeness (QED) is 0.620. The van der Waals surface area contributed by atoms with Gasteiger partial charge in [0.25, 0.3) is 0 Å². The van der Waals surface area contributed by atoms with Crippen molar-refractivity contribution in [3.05, 3.63) is 18.2 Å². The lowest BCUT2D eigenvalue weighted by atomic mass is 10.2. The van der Waals surface area contributed by atoms with Crippen LogP contribution in [0.15, 0.2) is 23.1 Å². The highest BCUT2D eigenvalue weighted by molar-refractivity contribution is 7.90. The molecule has 6 heteroatoms. The lowest BCUT2D eigenvalue weighted by molar-refractivity contribution is 0.0659. The third-order valence-electron chi connectivity index (χ3n) is 3.54. The summed E-state index contributed by atoms with van der Waals surface area (Å²) < 4.78 is 28.9. The van der Waals surface area contributed by atoms with E-state index < -0.39 is 9.84 Å². The molecule has 0 amide bonds. The predicted molar refractivity (Wildman–Crippen MR) is 80.7 cm³/mol. The highest BCUT2D eigenvalue weighted by Crippen LogP contribution is 2.26. The van der Waals surface area contributed by atoms with Crippen LogP contribution in [-0.2, 0) is 14.6 Å². The average molecular weight is 298 g/mol. The summed E-state index contributed by atoms with van der Waals surface area (Å²) in [4.78, 5) is 0.166. The van der Waals surface area contributed by atoms with E-state index in [9.17, 15) is 8.42 Å². The third kappa shape index (κ3) is 3.86. The minimum atomic E-state index is -3.30. The van der Waals surface area contributed by atoms with Crippen LogP contribution in [0.2, 0.25) is 0 Å². The average Bonchev–Trinajstić information content (AvgIpc) is 2.88. The maximum Gasteiger partial charge on any atom is 0.177 e. The van der Waals surface area contributed by atoms with Crippen LogP contribution in [0.4, 0.5) is 11.4 Å². The fraction of sp³-hybridized carbons (Fsp3) is 0.571. The zero-order valence-electron chi connectivity index (χ0n) is 11.8. The molecule has 1 saturated carbocycles. The number of hydrogen-bond donors (Lipinski definition) is 2. The van der Waals surface area contributed by atoms with Crippen molar-refractivity contribution in [1.82, 2.24) is 0 Å². The van der Waals surface area contributed by atoms with Gasteiger partial charge in [0, 0.05) is 12.8 Å². The van der Waals surface area contributed by atoms with Crippen molar-refractivity contribution in [2.75, 3.05) is 30.5 Å². The van der Waals surface area contributed by atoms with Gasteiger partial charge in [-0.05, 0) is 25.0 Å². The summed E-state index contributed by atoms with van der Waals surface area (Å²) in [6.07, 6.45) is 6.34. The van der Waals surface area contributed by atoms with E-state index in [-0.39, 0.29) is 10.6 Å². The first-order valence-electron chi connectivity index (χ1n) is 6.92. The van der Waals surface area contributed by atoms with Gasteiger partial charge in [0.2, 0.25) is 0 Å². The van der Waals surface area contributed by atoms with Crippen LogP contribution in [0.5, 0.6) is 0 Å². The molecular weight excluding hydrogens is 276 g/mol. The molecular formula is C14H22N2O3S. The monoisotopic (exact) mass is 298 g/mol. The van der Waals surface area contributed by atoms with Gasteiger partial charge in [0.15, 0.2) is 9.84 Å². The van der Waals surface area contributed by atoms with E-state index in [2.05, 4.69) is 5.32 Å². The maximum atomic E-state index is 11.6. The molecule has 0 radical (unpaired) electrons. The summed E-state index contributed by atoms with van der Waals surface area (Å²) in [5.74, 6) is 0. The Kier molecular flexibility index (Phi) is 4.88. The first-order chi connectivity index (χ1) is 9.48. The first-order valence-corrected chi connectivity index (χ1v) is 8.81. The molecule has 0 unspecified atom stereocenters. The van der Waals surface area contributed by atoms with Crippen molar-refractivity contribution >= 4 is 21.2 Å². The number of nitrogens with one attached hydrogen (secondary N) is 1. The van der Waals surface area contributed by atoms with E-state index in [4.69, 9.17) is 10.5 Å². The molecule has 1 aliphatic rings. The largest absolute Gasteiger partial charge is 0.396 e. The molecule has 0 heterocycles. The van der Waals surface area contributed by atoms with Gasteiger partial charge in [0.1, 0.15) is 0 Å². The fourth-order valence-electron chi connectivity index (χ4n) is 2.49. The molecule has 20 heavy (non-hydrogen) atoms. The fourth-order valence-corrected chi connectivity index (χ4v) is 3.32. The maximum absolute atomic E-state index is 11.6. The Morgan fingerprint density at radius 3 is 2.70 bits per heavy atom. The van der Waals surface area contributed by atoms with Crippen LogP contribution in [0.1, 0.15) is 25.7 Å². The van der Waals surface area contributed by atoms with Crippen molar-refractivity contribution in [3.63, 3.8) is 0 Å². The Morgan fingerprint density at radius 1 is 1.35 bits per heavy atom. The van der Waals surface area contributed by atoms with E-state index in [1.54, 1.807) is 12.1 Å². The van der Waals surface area contributed by atoms with Crippen LogP contribution in [0.25, 0.3) is 0 Å². The smallest absolute Gasteiger partial charge is 0.177 e. The number of nitrogens with two attached hydrogens (primary N) is 1. The van der Waals surface area contributed by atoms with Crippen molar-refractivity contribution in [2.24, 2.45) is 0 Å². The number of anilines is 2. The number of ether oxygens (including phenoxy) is 1. The van der Waals surface area contributed by atoms with Crippen LogP contribution in [0, 0.1) is 0 Å². The summed E-state index contributed by atoms with van der Waals surface area (Å²) in [5.41, 5.74) is 6.81. The number of benzene rings is 1. The Hall–Kier alpha value is -1.27. The molecule has 0 aliphatic heterocycles. The number of para-hydroxylation sites is 1. The molecule has 1 aromatic rings. The summed E-state index contributed by atoms with van der Waals surface area (Å²) in [6, 6.07) is 4.98. The van der Waals surface area contributed by atoms with Gasteiger partial charge >= 0.3 is 0 Å². The molecule has 0 aromatic heterocycles. The Balaban J connectivity index is 1.89. The molecule has 0 saturated heterocycles. The van der Waals surface area contributed by atoms with Crippen LogP contribution < -0.4 is 11.1 Å².